The van der Waals surface area contributed by atoms with Crippen molar-refractivity contribution < 1.29 is 9.90 Å². The molecule has 1 amide bonds. The highest BCUT2D eigenvalue weighted by molar-refractivity contribution is 7.17. The number of hydrogen-bond donors (Lipinski definition) is 2. The Balaban J connectivity index is 1.69. The van der Waals surface area contributed by atoms with Gasteiger partial charge in [0.1, 0.15) is 11.6 Å². The summed E-state index contributed by atoms with van der Waals surface area (Å²) in [6, 6.07) is 0. The quantitative estimate of drug-likeness (QED) is 0.721. The molecule has 120 valence electrons. The van der Waals surface area contributed by atoms with E-state index in [4.69, 9.17) is 16.7 Å². The largest absolute Gasteiger partial charge is 0.389 e. The molecule has 0 unspecified atom stereocenters. The zero-order valence-electron chi connectivity index (χ0n) is 12.0. The van der Waals surface area contributed by atoms with Crippen molar-refractivity contribution in [2.75, 3.05) is 5.32 Å². The number of nitrogens with one attached hydrogen (secondary N) is 1. The lowest BCUT2D eigenvalue weighted by Crippen LogP contribution is -2.18. The average Bonchev–Trinajstić information content (AvgIpc) is 3.20. The highest BCUT2D eigenvalue weighted by atomic mass is 35.5. The highest BCUT2D eigenvalue weighted by Crippen LogP contribution is 2.32. The molecule has 3 heterocycles. The summed E-state index contributed by atoms with van der Waals surface area (Å²) >= 11 is 8.48. The van der Waals surface area contributed by atoms with E-state index < -0.39 is 0 Å². The van der Waals surface area contributed by atoms with E-state index in [-0.39, 0.29) is 19.1 Å². The SMILES string of the molecule is Cc1nc(CO)sc1-c1csc(NC(=O)Cn2cc(Cl)cn2)n1. The molecule has 0 aromatic carbocycles. The number of aliphatic hydroxyl groups is 1. The van der Waals surface area contributed by atoms with Crippen molar-refractivity contribution in [2.24, 2.45) is 0 Å². The molecule has 0 radical (unpaired) electrons. The molecule has 0 aliphatic heterocycles. The van der Waals surface area contributed by atoms with E-state index >= 15 is 0 Å². The van der Waals surface area contributed by atoms with Crippen LogP contribution in [0.5, 0.6) is 0 Å². The van der Waals surface area contributed by atoms with Crippen LogP contribution in [0.4, 0.5) is 5.13 Å². The highest BCUT2D eigenvalue weighted by Gasteiger charge is 2.14. The Morgan fingerprint density at radius 1 is 1.48 bits per heavy atom. The Labute approximate surface area is 144 Å². The Bertz CT molecular complexity index is 841. The molecule has 0 fully saturated rings. The van der Waals surface area contributed by atoms with E-state index in [2.05, 4.69) is 20.4 Å². The van der Waals surface area contributed by atoms with Crippen LogP contribution in [0, 0.1) is 6.92 Å². The molecule has 3 rings (SSSR count). The van der Waals surface area contributed by atoms with Gasteiger partial charge in [-0.1, -0.05) is 11.6 Å². The van der Waals surface area contributed by atoms with Crippen molar-refractivity contribution >= 4 is 45.3 Å². The second-order valence-corrected chi connectivity index (χ2v) is 7.00. The fourth-order valence-electron chi connectivity index (χ4n) is 1.92. The van der Waals surface area contributed by atoms with Crippen molar-refractivity contribution in [2.45, 2.75) is 20.1 Å². The number of aliphatic hydroxyl groups excluding tert-OH is 1. The molecule has 23 heavy (non-hydrogen) atoms. The van der Waals surface area contributed by atoms with Gasteiger partial charge < -0.3 is 10.4 Å². The van der Waals surface area contributed by atoms with Crippen LogP contribution in [-0.4, -0.2) is 30.8 Å². The van der Waals surface area contributed by atoms with Crippen LogP contribution in [-0.2, 0) is 17.9 Å². The van der Waals surface area contributed by atoms with Crippen molar-refractivity contribution in [3.63, 3.8) is 0 Å². The lowest BCUT2D eigenvalue weighted by molar-refractivity contribution is -0.116. The van der Waals surface area contributed by atoms with Crippen LogP contribution in [0.1, 0.15) is 10.7 Å². The monoisotopic (exact) mass is 369 g/mol. The topological polar surface area (TPSA) is 92.9 Å². The average molecular weight is 370 g/mol. The number of nitrogens with zero attached hydrogens (tertiary/aromatic N) is 4. The van der Waals surface area contributed by atoms with E-state index in [9.17, 15) is 4.79 Å². The van der Waals surface area contributed by atoms with Gasteiger partial charge in [-0.2, -0.15) is 5.10 Å². The fraction of sp³-hybridized carbons (Fsp3) is 0.231. The molecule has 3 aromatic heterocycles. The third-order valence-corrected chi connectivity index (χ3v) is 4.98. The summed E-state index contributed by atoms with van der Waals surface area (Å²) in [5, 5.41) is 19.3. The van der Waals surface area contributed by atoms with Crippen molar-refractivity contribution in [1.82, 2.24) is 19.7 Å². The maximum absolute atomic E-state index is 12.0. The summed E-state index contributed by atoms with van der Waals surface area (Å²) in [6.45, 7) is 1.84. The first kappa shape index (κ1) is 16.1. The number of hydrogen-bond acceptors (Lipinski definition) is 7. The lowest BCUT2D eigenvalue weighted by Gasteiger charge is -2.01. The van der Waals surface area contributed by atoms with E-state index in [1.807, 2.05) is 12.3 Å². The molecule has 2 N–H and O–H groups in total. The van der Waals surface area contributed by atoms with Crippen LogP contribution in [0.25, 0.3) is 10.6 Å². The summed E-state index contributed by atoms with van der Waals surface area (Å²) in [5.41, 5.74) is 1.55. The Kier molecular flexibility index (Phi) is 4.71. The van der Waals surface area contributed by atoms with Gasteiger partial charge in [-0.3, -0.25) is 9.48 Å². The van der Waals surface area contributed by atoms with E-state index in [0.717, 1.165) is 16.3 Å². The van der Waals surface area contributed by atoms with Gasteiger partial charge in [-0.05, 0) is 6.92 Å². The van der Waals surface area contributed by atoms with Gasteiger partial charge in [0.25, 0.3) is 0 Å². The number of thiazole rings is 2. The van der Waals surface area contributed by atoms with E-state index in [0.29, 0.717) is 15.2 Å². The Hall–Kier alpha value is -1.81. The molecule has 3 aromatic rings. The first-order chi connectivity index (χ1) is 11.0. The summed E-state index contributed by atoms with van der Waals surface area (Å²) < 4.78 is 1.45. The van der Waals surface area contributed by atoms with Crippen molar-refractivity contribution in [3.8, 4) is 10.6 Å². The summed E-state index contributed by atoms with van der Waals surface area (Å²) in [7, 11) is 0. The van der Waals surface area contributed by atoms with Gasteiger partial charge in [0, 0.05) is 11.6 Å². The molecule has 0 spiro atoms. The molecular weight excluding hydrogens is 358 g/mol. The second kappa shape index (κ2) is 6.75. The fourth-order valence-corrected chi connectivity index (χ4v) is 3.76. The molecular formula is C13H12ClN5O2S2. The number of carbonyl (C=O) groups is 1. The first-order valence-electron chi connectivity index (χ1n) is 6.56. The van der Waals surface area contributed by atoms with Gasteiger partial charge in [0.05, 0.1) is 34.1 Å². The molecule has 0 aliphatic rings. The molecule has 0 saturated heterocycles. The molecule has 0 bridgehead atoms. The third kappa shape index (κ3) is 3.75. The van der Waals surface area contributed by atoms with Crippen LogP contribution in [0.2, 0.25) is 5.02 Å². The second-order valence-electron chi connectivity index (χ2n) is 4.62. The van der Waals surface area contributed by atoms with E-state index in [1.54, 1.807) is 6.20 Å². The molecule has 7 nitrogen and oxygen atoms in total. The van der Waals surface area contributed by atoms with Gasteiger partial charge in [-0.25, -0.2) is 9.97 Å². The zero-order chi connectivity index (χ0) is 16.4. The van der Waals surface area contributed by atoms with Gasteiger partial charge in [0.2, 0.25) is 5.91 Å². The molecule has 0 saturated carbocycles. The van der Waals surface area contributed by atoms with E-state index in [1.165, 1.54) is 33.6 Å². The lowest BCUT2D eigenvalue weighted by atomic mass is 10.3. The number of halogens is 1. The predicted octanol–water partition coefficient (Wildman–Crippen LogP) is 2.56. The number of aromatic nitrogens is 4. The Morgan fingerprint density at radius 3 is 2.96 bits per heavy atom. The maximum Gasteiger partial charge on any atom is 0.247 e. The Morgan fingerprint density at radius 2 is 2.30 bits per heavy atom. The normalized spacial score (nSPS) is 10.9. The number of anilines is 1. The maximum atomic E-state index is 12.0. The number of rotatable bonds is 5. The van der Waals surface area contributed by atoms with Crippen LogP contribution in [0.3, 0.4) is 0 Å². The number of amides is 1. The van der Waals surface area contributed by atoms with Crippen LogP contribution >= 0.6 is 34.3 Å². The minimum Gasteiger partial charge on any atom is -0.389 e. The van der Waals surface area contributed by atoms with Crippen molar-refractivity contribution in [1.29, 1.82) is 0 Å². The smallest absolute Gasteiger partial charge is 0.247 e. The molecule has 0 atom stereocenters. The molecule has 0 aliphatic carbocycles. The third-order valence-electron chi connectivity index (χ3n) is 2.87. The number of carbonyl (C=O) groups excluding carboxylic acids is 1. The zero-order valence-corrected chi connectivity index (χ0v) is 14.4. The van der Waals surface area contributed by atoms with Gasteiger partial charge >= 0.3 is 0 Å². The first-order valence-corrected chi connectivity index (χ1v) is 8.63. The number of aryl methyl sites for hydroxylation is 1. The van der Waals surface area contributed by atoms with Crippen LogP contribution < -0.4 is 5.32 Å². The van der Waals surface area contributed by atoms with Gasteiger partial charge in [0.15, 0.2) is 5.13 Å². The predicted molar refractivity (Wildman–Crippen MR) is 89.7 cm³/mol. The minimum absolute atomic E-state index is 0.0654. The van der Waals surface area contributed by atoms with Crippen LogP contribution in [0.15, 0.2) is 17.8 Å². The van der Waals surface area contributed by atoms with Crippen molar-refractivity contribution in [3.05, 3.63) is 33.5 Å². The summed E-state index contributed by atoms with van der Waals surface area (Å²) in [5.74, 6) is -0.234. The minimum atomic E-state index is -0.234. The standard InChI is InChI=1S/C13H12ClN5O2S2/c1-7-12(23-11(5-20)16-7)9-6-22-13(17-9)18-10(21)4-19-3-8(14)2-15-19/h2-3,6,20H,4-5H2,1H3,(H,17,18,21). The summed E-state index contributed by atoms with van der Waals surface area (Å²) in [4.78, 5) is 21.5. The van der Waals surface area contributed by atoms with Gasteiger partial charge in [-0.15, -0.1) is 22.7 Å². The summed E-state index contributed by atoms with van der Waals surface area (Å²) in [6.07, 6.45) is 3.05. The molecule has 10 heteroatoms.